The molecule has 1 aliphatic rings. The highest BCUT2D eigenvalue weighted by Crippen LogP contribution is 2.42. The van der Waals surface area contributed by atoms with E-state index in [1.54, 1.807) is 0 Å². The number of allylic oxidation sites excluding steroid dienone is 2. The number of aryl methyl sites for hydroxylation is 2. The Bertz CT molecular complexity index is 1380. The van der Waals surface area contributed by atoms with Crippen molar-refractivity contribution < 1.29 is 4.70 Å². The van der Waals surface area contributed by atoms with Crippen molar-refractivity contribution >= 4 is 11.4 Å². The van der Waals surface area contributed by atoms with Gasteiger partial charge in [0.25, 0.3) is 0 Å². The first kappa shape index (κ1) is 41.5. The van der Waals surface area contributed by atoms with E-state index in [0.29, 0.717) is 0 Å². The number of nitrogens with zero attached hydrogens (tertiary/aromatic N) is 2. The quantitative estimate of drug-likeness (QED) is 0.0511. The molecule has 0 aromatic heterocycles. The van der Waals surface area contributed by atoms with Gasteiger partial charge in [-0.15, -0.1) is 0 Å². The molecule has 0 atom stereocenters. The van der Waals surface area contributed by atoms with Crippen LogP contribution in [0.25, 0.3) is 16.9 Å². The van der Waals surface area contributed by atoms with Gasteiger partial charge in [-0.1, -0.05) is 192 Å². The summed E-state index contributed by atoms with van der Waals surface area (Å²) in [5, 5.41) is 0. The molecule has 2 aromatic rings. The molecule has 0 unspecified atom stereocenters. The average molecular weight is 677 g/mol. The Balaban J connectivity index is 1.43. The first-order valence-electron chi connectivity index (χ1n) is 21.3. The molecule has 1 heterocycles. The topological polar surface area (TPSA) is 25.3 Å². The van der Waals surface area contributed by atoms with Crippen LogP contribution in [0.5, 0.6) is 0 Å². The summed E-state index contributed by atoms with van der Waals surface area (Å²) >= 11 is 0. The molecule has 274 valence electrons. The van der Waals surface area contributed by atoms with Crippen molar-refractivity contribution in [3.05, 3.63) is 87.5 Å². The Kier molecular flexibility index (Phi) is 21.5. The van der Waals surface area contributed by atoms with E-state index in [1.807, 2.05) is 0 Å². The fourth-order valence-electron chi connectivity index (χ4n) is 7.40. The molecule has 0 bridgehead atoms. The van der Waals surface area contributed by atoms with Crippen LogP contribution in [0.2, 0.25) is 0 Å². The predicted molar refractivity (Wildman–Crippen MR) is 219 cm³/mol. The van der Waals surface area contributed by atoms with Crippen LogP contribution >= 0.6 is 0 Å². The smallest absolute Gasteiger partial charge is 0.223 e. The number of hydrogen-bond acceptors (Lipinski definition) is 0. The minimum absolute atomic E-state index is 0.847. The molecule has 0 amide bonds. The highest BCUT2D eigenvalue weighted by molar-refractivity contribution is 5.85. The summed E-state index contributed by atoms with van der Waals surface area (Å²) < 4.78 is 1.45. The Morgan fingerprint density at radius 3 is 1.36 bits per heavy atom. The third-order valence-corrected chi connectivity index (χ3v) is 10.6. The lowest BCUT2D eigenvalue weighted by Crippen LogP contribution is -2.03. The molecule has 0 N–H and O–H groups in total. The van der Waals surface area contributed by atoms with Crippen molar-refractivity contribution in [2.24, 2.45) is 0 Å². The Labute approximate surface area is 309 Å². The fraction of sp³-hybridized carbons (Fsp3) is 0.625. The van der Waals surface area contributed by atoms with Crippen LogP contribution < -0.4 is 0 Å². The van der Waals surface area contributed by atoms with Crippen LogP contribution in [-0.4, -0.2) is 4.70 Å². The largest absolute Gasteiger partial charge is 0.493 e. The van der Waals surface area contributed by atoms with E-state index >= 15 is 0 Å². The maximum absolute atomic E-state index is 11.9. The summed E-state index contributed by atoms with van der Waals surface area (Å²) in [4.78, 5) is 0. The van der Waals surface area contributed by atoms with Gasteiger partial charge in [0, 0.05) is 23.1 Å². The summed E-state index contributed by atoms with van der Waals surface area (Å²) in [6.45, 7) is 8.92. The predicted octanol–water partition coefficient (Wildman–Crippen LogP) is 15.4. The zero-order valence-electron chi connectivity index (χ0n) is 32.9. The van der Waals surface area contributed by atoms with E-state index in [9.17, 15) is 5.53 Å². The lowest BCUT2D eigenvalue weighted by atomic mass is 9.94. The first-order valence-corrected chi connectivity index (χ1v) is 21.3. The summed E-state index contributed by atoms with van der Waals surface area (Å²) in [6.07, 6.45) is 34.0. The van der Waals surface area contributed by atoms with E-state index in [1.165, 1.54) is 143 Å². The number of rotatable bonds is 27. The second-order valence-electron chi connectivity index (χ2n) is 14.8. The van der Waals surface area contributed by atoms with Gasteiger partial charge in [-0.2, -0.15) is 0 Å². The minimum atomic E-state index is 0.847. The van der Waals surface area contributed by atoms with Crippen molar-refractivity contribution in [1.82, 2.24) is 0 Å². The molecule has 2 aromatic carbocycles. The molecular weight excluding hydrogens is 605 g/mol. The Morgan fingerprint density at radius 1 is 0.500 bits per heavy atom. The van der Waals surface area contributed by atoms with Gasteiger partial charge in [-0.25, -0.2) is 4.70 Å². The van der Waals surface area contributed by atoms with Gasteiger partial charge in [0.15, 0.2) is 0 Å². The van der Waals surface area contributed by atoms with Crippen LogP contribution in [0.15, 0.2) is 59.7 Å². The highest BCUT2D eigenvalue weighted by atomic mass is 15.2. The normalized spacial score (nSPS) is 13.0. The van der Waals surface area contributed by atoms with E-state index in [4.69, 9.17) is 0 Å². The van der Waals surface area contributed by atoms with E-state index in [0.717, 1.165) is 73.0 Å². The SMILES string of the molecule is CCCCCCCCCCCCCCCCCCCCCCC#CC1=C(c2cccc(CC)c2)[N+](=[N-])C(c2cccc(CC)c2)=C1CCCC. The van der Waals surface area contributed by atoms with Gasteiger partial charge >= 0.3 is 0 Å². The standard InChI is InChI=1S/C48H72N2/c1-5-9-11-12-13-14-15-16-17-18-19-20-21-22-23-24-25-26-27-28-29-30-38-46-45(37-10-6-2)47(43-35-31-33-41(7-3)39-43)50(49)48(46)44-36-32-34-42(8-4)40-44/h31-36,39-40H,5-29,37H2,1-4H3. The van der Waals surface area contributed by atoms with Gasteiger partial charge in [0.2, 0.25) is 11.4 Å². The van der Waals surface area contributed by atoms with Gasteiger partial charge in [-0.05, 0) is 67.5 Å². The van der Waals surface area contributed by atoms with Crippen LogP contribution in [0.4, 0.5) is 0 Å². The third-order valence-electron chi connectivity index (χ3n) is 10.6. The molecule has 0 fully saturated rings. The second kappa shape index (κ2) is 25.9. The lowest BCUT2D eigenvalue weighted by Gasteiger charge is -2.10. The van der Waals surface area contributed by atoms with Gasteiger partial charge in [-0.3, -0.25) is 0 Å². The molecule has 3 rings (SSSR count). The average Bonchev–Trinajstić information content (AvgIpc) is 3.42. The molecule has 2 nitrogen and oxygen atoms in total. The third kappa shape index (κ3) is 14.7. The Hall–Kier alpha value is -2.92. The molecule has 1 aliphatic heterocycles. The van der Waals surface area contributed by atoms with E-state index in [2.05, 4.69) is 88.1 Å². The molecular formula is C48H72N2. The highest BCUT2D eigenvalue weighted by Gasteiger charge is 2.35. The van der Waals surface area contributed by atoms with Crippen LogP contribution in [-0.2, 0) is 12.8 Å². The maximum Gasteiger partial charge on any atom is 0.223 e. The molecule has 0 spiro atoms. The molecule has 0 aliphatic carbocycles. The van der Waals surface area contributed by atoms with E-state index in [-0.39, 0.29) is 0 Å². The summed E-state index contributed by atoms with van der Waals surface area (Å²) in [7, 11) is 0. The summed E-state index contributed by atoms with van der Waals surface area (Å²) in [5.74, 6) is 7.17. The van der Waals surface area contributed by atoms with Crippen molar-refractivity contribution in [2.75, 3.05) is 0 Å². The molecule has 2 heteroatoms. The maximum atomic E-state index is 11.9. The number of benzene rings is 2. The molecule has 0 saturated carbocycles. The van der Waals surface area contributed by atoms with Gasteiger partial charge in [0.1, 0.15) is 5.57 Å². The lowest BCUT2D eigenvalue weighted by molar-refractivity contribution is -0.345. The first-order chi connectivity index (χ1) is 24.6. The fourth-order valence-corrected chi connectivity index (χ4v) is 7.40. The van der Waals surface area contributed by atoms with Crippen LogP contribution in [0, 0.1) is 11.8 Å². The zero-order chi connectivity index (χ0) is 35.7. The molecule has 0 radical (unpaired) electrons. The van der Waals surface area contributed by atoms with Crippen molar-refractivity contribution in [2.45, 2.75) is 195 Å². The van der Waals surface area contributed by atoms with Crippen molar-refractivity contribution in [1.29, 1.82) is 0 Å². The Morgan fingerprint density at radius 2 is 0.920 bits per heavy atom. The number of hydrogen-bond donors (Lipinski definition) is 0. The second-order valence-corrected chi connectivity index (χ2v) is 14.8. The number of unbranched alkanes of at least 4 members (excludes halogenated alkanes) is 21. The summed E-state index contributed by atoms with van der Waals surface area (Å²) in [5.41, 5.74) is 20.5. The van der Waals surface area contributed by atoms with Crippen LogP contribution in [0.3, 0.4) is 0 Å². The van der Waals surface area contributed by atoms with Crippen LogP contribution in [0.1, 0.15) is 204 Å². The van der Waals surface area contributed by atoms with Gasteiger partial charge in [0.05, 0.1) is 0 Å². The van der Waals surface area contributed by atoms with Gasteiger partial charge < -0.3 is 5.53 Å². The van der Waals surface area contributed by atoms with E-state index < -0.39 is 0 Å². The molecule has 50 heavy (non-hydrogen) atoms. The van der Waals surface area contributed by atoms with Crippen molar-refractivity contribution in [3.8, 4) is 11.8 Å². The zero-order valence-corrected chi connectivity index (χ0v) is 32.9. The molecule has 0 saturated heterocycles. The summed E-state index contributed by atoms with van der Waals surface area (Å²) in [6, 6.07) is 17.3. The van der Waals surface area contributed by atoms with Crippen molar-refractivity contribution in [3.63, 3.8) is 0 Å². The monoisotopic (exact) mass is 677 g/mol. The minimum Gasteiger partial charge on any atom is -0.493 e.